The van der Waals surface area contributed by atoms with Crippen molar-refractivity contribution in [2.45, 2.75) is 6.18 Å². The summed E-state index contributed by atoms with van der Waals surface area (Å²) in [5.41, 5.74) is -0.878. The van der Waals surface area contributed by atoms with Crippen LogP contribution in [0.15, 0.2) is 18.2 Å². The van der Waals surface area contributed by atoms with E-state index in [2.05, 4.69) is 9.97 Å². The zero-order valence-electron chi connectivity index (χ0n) is 9.86. The molecule has 0 aliphatic carbocycles. The molecule has 108 valence electrons. The molecule has 0 saturated heterocycles. The monoisotopic (exact) mass is 325 g/mol. The number of nitrogens with zero attached hydrogens (tertiary/aromatic N) is 2. The van der Waals surface area contributed by atoms with Crippen LogP contribution in [0.2, 0.25) is 5.15 Å². The first-order valence-electron chi connectivity index (χ1n) is 5.08. The van der Waals surface area contributed by atoms with Gasteiger partial charge in [0.2, 0.25) is 10.0 Å². The average molecular weight is 326 g/mol. The van der Waals surface area contributed by atoms with Crippen LogP contribution in [-0.4, -0.2) is 24.6 Å². The van der Waals surface area contributed by atoms with Gasteiger partial charge in [0.15, 0.2) is 11.0 Å². The topological polar surface area (TPSA) is 72.0 Å². The van der Waals surface area contributed by atoms with Crippen molar-refractivity contribution in [3.8, 4) is 0 Å². The first kappa shape index (κ1) is 14.8. The second-order valence-corrected chi connectivity index (χ2v) is 6.04. The summed E-state index contributed by atoms with van der Waals surface area (Å²) >= 11 is 5.69. The summed E-state index contributed by atoms with van der Waals surface area (Å²) in [6.45, 7) is 0. The minimum absolute atomic E-state index is 0.0797. The number of alkyl halides is 3. The maximum absolute atomic E-state index is 12.5. The summed E-state index contributed by atoms with van der Waals surface area (Å²) in [5.74, 6) is -0.235. The van der Waals surface area contributed by atoms with Crippen LogP contribution in [-0.2, 0) is 16.2 Å². The highest BCUT2D eigenvalue weighted by Gasteiger charge is 2.30. The van der Waals surface area contributed by atoms with Crippen LogP contribution in [0.5, 0.6) is 0 Å². The lowest BCUT2D eigenvalue weighted by molar-refractivity contribution is -0.137. The van der Waals surface area contributed by atoms with E-state index in [0.717, 1.165) is 24.5 Å². The summed E-state index contributed by atoms with van der Waals surface area (Å²) in [5, 5.41) is -0.331. The van der Waals surface area contributed by atoms with Crippen LogP contribution in [0.3, 0.4) is 0 Å². The van der Waals surface area contributed by atoms with Crippen LogP contribution in [0, 0.1) is 0 Å². The number of benzene rings is 1. The molecule has 2 rings (SSSR count). The second kappa shape index (κ2) is 4.74. The molecule has 20 heavy (non-hydrogen) atoms. The molecule has 2 aromatic rings. The summed E-state index contributed by atoms with van der Waals surface area (Å²) < 4.78 is 61.8. The van der Waals surface area contributed by atoms with Gasteiger partial charge in [-0.25, -0.2) is 18.4 Å². The van der Waals surface area contributed by atoms with Crippen molar-refractivity contribution in [3.63, 3.8) is 0 Å². The number of anilines is 1. The van der Waals surface area contributed by atoms with Crippen LogP contribution >= 0.6 is 11.6 Å². The van der Waals surface area contributed by atoms with Crippen LogP contribution in [0.4, 0.5) is 19.0 Å². The molecule has 0 fully saturated rings. The lowest BCUT2D eigenvalue weighted by Gasteiger charge is -2.09. The van der Waals surface area contributed by atoms with Crippen molar-refractivity contribution in [2.75, 3.05) is 11.0 Å². The highest BCUT2D eigenvalue weighted by molar-refractivity contribution is 7.92. The number of halogens is 4. The van der Waals surface area contributed by atoms with Gasteiger partial charge in [0.25, 0.3) is 0 Å². The molecule has 0 atom stereocenters. The quantitative estimate of drug-likeness (QED) is 0.921. The number of nitrogens with one attached hydrogen (secondary N) is 1. The number of rotatable bonds is 2. The molecule has 1 heterocycles. The van der Waals surface area contributed by atoms with E-state index in [4.69, 9.17) is 11.6 Å². The van der Waals surface area contributed by atoms with E-state index in [9.17, 15) is 21.6 Å². The Hall–Kier alpha value is -1.61. The molecule has 0 spiro atoms. The predicted octanol–water partition coefficient (Wildman–Crippen LogP) is 2.67. The van der Waals surface area contributed by atoms with Gasteiger partial charge >= 0.3 is 6.18 Å². The molecule has 0 saturated carbocycles. The lowest BCUT2D eigenvalue weighted by atomic mass is 10.2. The van der Waals surface area contributed by atoms with E-state index in [1.54, 1.807) is 0 Å². The summed E-state index contributed by atoms with van der Waals surface area (Å²) in [7, 11) is -3.62. The van der Waals surface area contributed by atoms with E-state index in [-0.39, 0.29) is 22.0 Å². The van der Waals surface area contributed by atoms with Gasteiger partial charge in [-0.2, -0.15) is 13.2 Å². The van der Waals surface area contributed by atoms with Crippen LogP contribution < -0.4 is 4.72 Å². The smallest absolute Gasteiger partial charge is 0.265 e. The first-order chi connectivity index (χ1) is 9.06. The van der Waals surface area contributed by atoms with Gasteiger partial charge in [0.05, 0.1) is 22.9 Å². The van der Waals surface area contributed by atoms with Crippen molar-refractivity contribution < 1.29 is 21.6 Å². The molecule has 0 bridgehead atoms. The standard InChI is InChI=1S/C10H7ClF3N3O2S/c1-20(18,19)17-9-8(11)15-7-4-5(10(12,13)14)2-3-6(7)16-9/h2-4H,1H3,(H,16,17). The molecule has 1 aromatic heterocycles. The van der Waals surface area contributed by atoms with Gasteiger partial charge in [-0.05, 0) is 18.2 Å². The molecule has 1 aromatic carbocycles. The number of hydrogen-bond acceptors (Lipinski definition) is 4. The van der Waals surface area contributed by atoms with Crippen molar-refractivity contribution >= 4 is 38.5 Å². The zero-order valence-corrected chi connectivity index (χ0v) is 11.4. The Morgan fingerprint density at radius 1 is 1.20 bits per heavy atom. The second-order valence-electron chi connectivity index (χ2n) is 3.94. The van der Waals surface area contributed by atoms with Crippen molar-refractivity contribution in [1.82, 2.24) is 9.97 Å². The SMILES string of the molecule is CS(=O)(=O)Nc1nc2ccc(C(F)(F)F)cc2nc1Cl. The first-order valence-corrected chi connectivity index (χ1v) is 7.35. The number of fused-ring (bicyclic) bond motifs is 1. The normalized spacial score (nSPS) is 12.7. The van der Waals surface area contributed by atoms with E-state index < -0.39 is 21.8 Å². The Balaban J connectivity index is 2.57. The third kappa shape index (κ3) is 3.28. The molecular formula is C10H7ClF3N3O2S. The van der Waals surface area contributed by atoms with Gasteiger partial charge < -0.3 is 0 Å². The van der Waals surface area contributed by atoms with E-state index in [0.29, 0.717) is 0 Å². The fraction of sp³-hybridized carbons (Fsp3) is 0.200. The van der Waals surface area contributed by atoms with E-state index >= 15 is 0 Å². The average Bonchev–Trinajstić information content (AvgIpc) is 2.26. The Labute approximate surface area is 116 Å². The molecular weight excluding hydrogens is 319 g/mol. The number of sulfonamides is 1. The molecule has 0 aliphatic rings. The molecule has 5 nitrogen and oxygen atoms in total. The van der Waals surface area contributed by atoms with Crippen LogP contribution in [0.25, 0.3) is 11.0 Å². The van der Waals surface area contributed by atoms with E-state index in [1.165, 1.54) is 0 Å². The maximum atomic E-state index is 12.5. The minimum Gasteiger partial charge on any atom is -0.265 e. The highest BCUT2D eigenvalue weighted by Crippen LogP contribution is 2.31. The van der Waals surface area contributed by atoms with Gasteiger partial charge in [-0.15, -0.1) is 0 Å². The van der Waals surface area contributed by atoms with Gasteiger partial charge in [-0.1, -0.05) is 11.6 Å². The van der Waals surface area contributed by atoms with Crippen molar-refractivity contribution in [3.05, 3.63) is 28.9 Å². The predicted molar refractivity (Wildman–Crippen MR) is 68.0 cm³/mol. The van der Waals surface area contributed by atoms with Crippen molar-refractivity contribution in [2.24, 2.45) is 0 Å². The highest BCUT2D eigenvalue weighted by atomic mass is 35.5. The third-order valence-electron chi connectivity index (χ3n) is 2.23. The van der Waals surface area contributed by atoms with Crippen LogP contribution in [0.1, 0.15) is 5.56 Å². The molecule has 0 unspecified atom stereocenters. The lowest BCUT2D eigenvalue weighted by Crippen LogP contribution is -2.12. The Kier molecular flexibility index (Phi) is 3.51. The Morgan fingerprint density at radius 3 is 2.40 bits per heavy atom. The number of hydrogen-bond donors (Lipinski definition) is 1. The fourth-order valence-corrected chi connectivity index (χ4v) is 2.18. The third-order valence-corrected chi connectivity index (χ3v) is 3.06. The number of aromatic nitrogens is 2. The molecule has 10 heteroatoms. The molecule has 0 amide bonds. The zero-order chi connectivity index (χ0) is 15.1. The maximum Gasteiger partial charge on any atom is 0.416 e. The van der Waals surface area contributed by atoms with Gasteiger partial charge in [0, 0.05) is 0 Å². The molecule has 1 N–H and O–H groups in total. The summed E-state index contributed by atoms with van der Waals surface area (Å²) in [6, 6.07) is 2.71. The summed E-state index contributed by atoms with van der Waals surface area (Å²) in [4.78, 5) is 7.54. The Bertz CT molecular complexity index is 777. The Morgan fingerprint density at radius 2 is 1.85 bits per heavy atom. The minimum atomic E-state index is -4.51. The fourth-order valence-electron chi connectivity index (χ4n) is 1.45. The largest absolute Gasteiger partial charge is 0.416 e. The van der Waals surface area contributed by atoms with E-state index in [1.807, 2.05) is 4.72 Å². The summed E-state index contributed by atoms with van der Waals surface area (Å²) in [6.07, 6.45) is -3.62. The van der Waals surface area contributed by atoms with Gasteiger partial charge in [-0.3, -0.25) is 4.72 Å². The van der Waals surface area contributed by atoms with Gasteiger partial charge in [0.1, 0.15) is 0 Å². The van der Waals surface area contributed by atoms with Crippen molar-refractivity contribution in [1.29, 1.82) is 0 Å². The molecule has 0 radical (unpaired) electrons. The molecule has 0 aliphatic heterocycles.